The van der Waals surface area contributed by atoms with Crippen LogP contribution in [-0.4, -0.2) is 29.6 Å². The van der Waals surface area contributed by atoms with Gasteiger partial charge in [0.05, 0.1) is 6.61 Å². The van der Waals surface area contributed by atoms with Crippen molar-refractivity contribution in [2.24, 2.45) is 5.92 Å². The number of ether oxygens (including phenoxy) is 1. The Balaban J connectivity index is 1.81. The van der Waals surface area contributed by atoms with Gasteiger partial charge < -0.3 is 4.74 Å². The first-order chi connectivity index (χ1) is 8.79. The van der Waals surface area contributed by atoms with E-state index in [1.165, 1.54) is 31.2 Å². The van der Waals surface area contributed by atoms with Crippen LogP contribution in [-0.2, 0) is 0 Å². The maximum atomic E-state index is 5.41. The Labute approximate surface area is 109 Å². The second-order valence-corrected chi connectivity index (χ2v) is 5.54. The molecule has 2 aliphatic heterocycles. The van der Waals surface area contributed by atoms with E-state index in [0.717, 1.165) is 17.8 Å². The van der Waals surface area contributed by atoms with Crippen LogP contribution in [0.15, 0.2) is 18.3 Å². The summed E-state index contributed by atoms with van der Waals surface area (Å²) < 4.78 is 5.41. The molecule has 18 heavy (non-hydrogen) atoms. The topological polar surface area (TPSA) is 25.4 Å². The van der Waals surface area contributed by atoms with Crippen molar-refractivity contribution in [3.05, 3.63) is 23.9 Å². The van der Waals surface area contributed by atoms with Gasteiger partial charge in [-0.15, -0.1) is 0 Å². The predicted octanol–water partition coefficient (Wildman–Crippen LogP) is 3.03. The van der Waals surface area contributed by atoms with Crippen LogP contribution in [0.5, 0.6) is 5.88 Å². The fourth-order valence-electron chi connectivity index (χ4n) is 3.69. The maximum absolute atomic E-state index is 5.41. The van der Waals surface area contributed by atoms with Crippen molar-refractivity contribution in [2.45, 2.75) is 44.7 Å². The van der Waals surface area contributed by atoms with E-state index in [4.69, 9.17) is 4.74 Å². The molecule has 0 spiro atoms. The highest BCUT2D eigenvalue weighted by Gasteiger charge is 2.40. The first kappa shape index (κ1) is 12.0. The van der Waals surface area contributed by atoms with Gasteiger partial charge in [-0.3, -0.25) is 4.90 Å². The highest BCUT2D eigenvalue weighted by atomic mass is 16.5. The molecular weight excluding hydrogens is 224 g/mol. The molecule has 1 atom stereocenters. The number of nitrogens with zero attached hydrogens (tertiary/aromatic N) is 2. The maximum Gasteiger partial charge on any atom is 0.213 e. The molecular formula is C15H22N2O. The number of aromatic nitrogens is 1. The molecule has 1 aromatic rings. The lowest BCUT2D eigenvalue weighted by atomic mass is 9.73. The molecule has 0 radical (unpaired) electrons. The van der Waals surface area contributed by atoms with Crippen LogP contribution in [0.25, 0.3) is 0 Å². The molecule has 3 nitrogen and oxygen atoms in total. The number of hydrogen-bond donors (Lipinski definition) is 0. The largest absolute Gasteiger partial charge is 0.478 e. The van der Waals surface area contributed by atoms with Crippen molar-refractivity contribution < 1.29 is 4.74 Å². The quantitative estimate of drug-likeness (QED) is 0.819. The molecule has 2 bridgehead atoms. The van der Waals surface area contributed by atoms with Crippen molar-refractivity contribution in [1.29, 1.82) is 0 Å². The average molecular weight is 246 g/mol. The molecule has 4 rings (SSSR count). The minimum atomic E-state index is 0.570. The Hall–Kier alpha value is -1.09. The lowest BCUT2D eigenvalue weighted by Gasteiger charge is -2.50. The van der Waals surface area contributed by atoms with Gasteiger partial charge in [-0.2, -0.15) is 0 Å². The monoisotopic (exact) mass is 246 g/mol. The predicted molar refractivity (Wildman–Crippen MR) is 71.7 cm³/mol. The van der Waals surface area contributed by atoms with E-state index in [1.54, 1.807) is 0 Å². The average Bonchev–Trinajstić information content (AvgIpc) is 2.42. The number of piperidine rings is 2. The van der Waals surface area contributed by atoms with Crippen LogP contribution < -0.4 is 4.74 Å². The summed E-state index contributed by atoms with van der Waals surface area (Å²) in [5, 5.41) is 0. The van der Waals surface area contributed by atoms with Gasteiger partial charge in [-0.05, 0) is 51.1 Å². The standard InChI is InChI=1S/C15H22N2O/c1-3-18-14-9-6-12(10-16-14)15-11-4-7-13(8-5-11)17(15)2/h6,9-11,13,15H,3-5,7-8H2,1-2H3. The molecule has 0 aromatic carbocycles. The normalized spacial score (nSPS) is 31.6. The highest BCUT2D eigenvalue weighted by molar-refractivity contribution is 5.23. The molecule has 1 aromatic heterocycles. The van der Waals surface area contributed by atoms with Gasteiger partial charge in [0.2, 0.25) is 5.88 Å². The SMILES string of the molecule is CCOc1ccc(C2C3CCC(CC3)N2C)cn1. The Morgan fingerprint density at radius 3 is 2.61 bits per heavy atom. The minimum Gasteiger partial charge on any atom is -0.478 e. The van der Waals surface area contributed by atoms with Crippen LogP contribution in [0.4, 0.5) is 0 Å². The van der Waals surface area contributed by atoms with E-state index >= 15 is 0 Å². The van der Waals surface area contributed by atoms with Gasteiger partial charge in [0.15, 0.2) is 0 Å². The number of rotatable bonds is 3. The van der Waals surface area contributed by atoms with Crippen molar-refractivity contribution >= 4 is 0 Å². The summed E-state index contributed by atoms with van der Waals surface area (Å²) in [5.41, 5.74) is 1.36. The van der Waals surface area contributed by atoms with Gasteiger partial charge in [-0.25, -0.2) is 4.98 Å². The molecule has 1 saturated carbocycles. The Kier molecular flexibility index (Phi) is 3.25. The number of hydrogen-bond acceptors (Lipinski definition) is 3. The van der Waals surface area contributed by atoms with E-state index in [9.17, 15) is 0 Å². The molecule has 3 heteroatoms. The van der Waals surface area contributed by atoms with Crippen LogP contribution >= 0.6 is 0 Å². The van der Waals surface area contributed by atoms with Crippen LogP contribution in [0.2, 0.25) is 0 Å². The summed E-state index contributed by atoms with van der Waals surface area (Å²) in [6.45, 7) is 2.67. The molecule has 3 aliphatic rings. The fourth-order valence-corrected chi connectivity index (χ4v) is 3.69. The summed E-state index contributed by atoms with van der Waals surface area (Å²) in [4.78, 5) is 6.98. The van der Waals surface area contributed by atoms with Gasteiger partial charge in [0.1, 0.15) is 0 Å². The Morgan fingerprint density at radius 2 is 2.06 bits per heavy atom. The van der Waals surface area contributed by atoms with Gasteiger partial charge >= 0.3 is 0 Å². The van der Waals surface area contributed by atoms with Gasteiger partial charge in [-0.1, -0.05) is 6.07 Å². The third-order valence-electron chi connectivity index (χ3n) is 4.60. The zero-order valence-corrected chi connectivity index (χ0v) is 11.3. The van der Waals surface area contributed by atoms with Crippen LogP contribution in [0.1, 0.15) is 44.2 Å². The van der Waals surface area contributed by atoms with Crippen molar-refractivity contribution in [3.8, 4) is 5.88 Å². The van der Waals surface area contributed by atoms with Crippen molar-refractivity contribution in [3.63, 3.8) is 0 Å². The van der Waals surface area contributed by atoms with E-state index in [-0.39, 0.29) is 0 Å². The molecule has 3 heterocycles. The number of pyridine rings is 1. The molecule has 0 N–H and O–H groups in total. The van der Waals surface area contributed by atoms with Crippen molar-refractivity contribution in [1.82, 2.24) is 9.88 Å². The first-order valence-electron chi connectivity index (χ1n) is 7.10. The van der Waals surface area contributed by atoms with E-state index < -0.39 is 0 Å². The zero-order valence-electron chi connectivity index (χ0n) is 11.3. The first-order valence-corrected chi connectivity index (χ1v) is 7.10. The van der Waals surface area contributed by atoms with E-state index in [2.05, 4.69) is 23.0 Å². The van der Waals surface area contributed by atoms with E-state index in [0.29, 0.717) is 12.6 Å². The van der Waals surface area contributed by atoms with Gasteiger partial charge in [0, 0.05) is 24.3 Å². The second-order valence-electron chi connectivity index (χ2n) is 5.54. The summed E-state index contributed by atoms with van der Waals surface area (Å²) >= 11 is 0. The molecule has 0 amide bonds. The zero-order chi connectivity index (χ0) is 12.5. The molecule has 1 aliphatic carbocycles. The lowest BCUT2D eigenvalue weighted by Crippen LogP contribution is -2.47. The Bertz CT molecular complexity index is 393. The minimum absolute atomic E-state index is 0.570. The van der Waals surface area contributed by atoms with Crippen molar-refractivity contribution in [2.75, 3.05) is 13.7 Å². The number of fused-ring (bicyclic) bond motifs is 3. The molecule has 1 unspecified atom stereocenters. The van der Waals surface area contributed by atoms with E-state index in [1.807, 2.05) is 19.2 Å². The smallest absolute Gasteiger partial charge is 0.213 e. The summed E-state index contributed by atoms with van der Waals surface area (Å²) in [7, 11) is 2.27. The summed E-state index contributed by atoms with van der Waals surface area (Å²) in [6.07, 6.45) is 7.52. The lowest BCUT2D eigenvalue weighted by molar-refractivity contribution is 0.00711. The summed E-state index contributed by atoms with van der Waals surface area (Å²) in [6, 6.07) is 5.56. The second kappa shape index (κ2) is 4.88. The third-order valence-corrected chi connectivity index (χ3v) is 4.60. The van der Waals surface area contributed by atoms with Gasteiger partial charge in [0.25, 0.3) is 0 Å². The Morgan fingerprint density at radius 1 is 1.28 bits per heavy atom. The fraction of sp³-hybridized carbons (Fsp3) is 0.667. The third kappa shape index (κ3) is 2.01. The van der Waals surface area contributed by atoms with Crippen LogP contribution in [0, 0.1) is 5.92 Å². The highest BCUT2D eigenvalue weighted by Crippen LogP contribution is 2.46. The molecule has 98 valence electrons. The molecule has 2 saturated heterocycles. The van der Waals surface area contributed by atoms with Crippen LogP contribution in [0.3, 0.4) is 0 Å². The summed E-state index contributed by atoms with van der Waals surface area (Å²) in [5.74, 6) is 1.56. The molecule has 3 fully saturated rings.